The first-order valence-corrected chi connectivity index (χ1v) is 6.44. The average molecular weight is 262 g/mol. The van der Waals surface area contributed by atoms with Gasteiger partial charge in [0.05, 0.1) is 0 Å². The summed E-state index contributed by atoms with van der Waals surface area (Å²) in [5.41, 5.74) is 0.442. The highest BCUT2D eigenvalue weighted by Gasteiger charge is 2.23. The van der Waals surface area contributed by atoms with Gasteiger partial charge in [0.15, 0.2) is 6.10 Å². The fourth-order valence-corrected chi connectivity index (χ4v) is 1.53. The number of carbonyl (C=O) groups excluding carboxylic acids is 1. The van der Waals surface area contributed by atoms with E-state index in [4.69, 9.17) is 9.47 Å². The fraction of sp³-hybridized carbons (Fsp3) is 0.438. The van der Waals surface area contributed by atoms with Crippen molar-refractivity contribution < 1.29 is 14.3 Å². The summed E-state index contributed by atoms with van der Waals surface area (Å²) >= 11 is 0. The molecule has 3 heteroatoms. The van der Waals surface area contributed by atoms with E-state index in [0.717, 1.165) is 5.56 Å². The second-order valence-corrected chi connectivity index (χ2v) is 5.33. The van der Waals surface area contributed by atoms with Crippen LogP contribution in [-0.4, -0.2) is 17.7 Å². The van der Waals surface area contributed by atoms with Gasteiger partial charge in [-0.3, -0.25) is 0 Å². The first-order chi connectivity index (χ1) is 8.83. The number of para-hydroxylation sites is 1. The van der Waals surface area contributed by atoms with Crippen molar-refractivity contribution in [2.75, 3.05) is 0 Å². The molecule has 0 N–H and O–H groups in total. The predicted octanol–water partition coefficient (Wildman–Crippen LogP) is 3.83. The van der Waals surface area contributed by atoms with Gasteiger partial charge in [0, 0.05) is 5.56 Å². The molecule has 0 spiro atoms. The Labute approximate surface area is 115 Å². The highest BCUT2D eigenvalue weighted by atomic mass is 16.6. The summed E-state index contributed by atoms with van der Waals surface area (Å²) < 4.78 is 11.0. The van der Waals surface area contributed by atoms with Gasteiger partial charge in [-0.15, -0.1) is 0 Å². The lowest BCUT2D eigenvalue weighted by molar-refractivity contribution is -0.162. The van der Waals surface area contributed by atoms with Gasteiger partial charge in [-0.1, -0.05) is 30.4 Å². The maximum atomic E-state index is 11.9. The van der Waals surface area contributed by atoms with Crippen LogP contribution >= 0.6 is 0 Å². The van der Waals surface area contributed by atoms with Crippen molar-refractivity contribution in [2.45, 2.75) is 46.3 Å². The number of allylic oxidation sites excluding steroid dienone is 1. The van der Waals surface area contributed by atoms with Gasteiger partial charge in [0.1, 0.15) is 11.4 Å². The van der Waals surface area contributed by atoms with Gasteiger partial charge >= 0.3 is 5.97 Å². The van der Waals surface area contributed by atoms with Crippen LogP contribution in [0.4, 0.5) is 0 Å². The van der Waals surface area contributed by atoms with Gasteiger partial charge in [-0.05, 0) is 40.7 Å². The van der Waals surface area contributed by atoms with E-state index in [9.17, 15) is 4.79 Å². The van der Waals surface area contributed by atoms with E-state index < -0.39 is 11.7 Å². The molecule has 1 rings (SSSR count). The van der Waals surface area contributed by atoms with Crippen molar-refractivity contribution in [1.82, 2.24) is 0 Å². The summed E-state index contributed by atoms with van der Waals surface area (Å²) in [5, 5.41) is 0. The Morgan fingerprint density at radius 2 is 1.89 bits per heavy atom. The molecule has 1 aromatic rings. The van der Waals surface area contributed by atoms with Crippen molar-refractivity contribution >= 4 is 12.0 Å². The molecule has 0 bridgehead atoms. The minimum atomic E-state index is -0.634. The number of carbonyl (C=O) groups is 1. The van der Waals surface area contributed by atoms with Crippen LogP contribution in [-0.2, 0) is 9.53 Å². The Bertz CT molecular complexity index is 455. The first-order valence-electron chi connectivity index (χ1n) is 6.44. The number of ether oxygens (including phenoxy) is 2. The lowest BCUT2D eigenvalue weighted by Crippen LogP contribution is -2.33. The van der Waals surface area contributed by atoms with Crippen LogP contribution in [0.15, 0.2) is 30.3 Å². The fourth-order valence-electron chi connectivity index (χ4n) is 1.53. The molecule has 0 saturated heterocycles. The predicted molar refractivity (Wildman–Crippen MR) is 77.1 cm³/mol. The van der Waals surface area contributed by atoms with Gasteiger partial charge in [0.25, 0.3) is 0 Å². The highest BCUT2D eigenvalue weighted by molar-refractivity contribution is 5.75. The lowest BCUT2D eigenvalue weighted by Gasteiger charge is -2.23. The third-order valence-corrected chi connectivity index (χ3v) is 2.31. The highest BCUT2D eigenvalue weighted by Crippen LogP contribution is 2.21. The molecule has 0 aromatic heterocycles. The second-order valence-electron chi connectivity index (χ2n) is 5.33. The van der Waals surface area contributed by atoms with Crippen molar-refractivity contribution in [1.29, 1.82) is 0 Å². The molecule has 104 valence electrons. The maximum Gasteiger partial charge on any atom is 0.347 e. The summed E-state index contributed by atoms with van der Waals surface area (Å²) in [4.78, 5) is 11.9. The number of rotatable bonds is 4. The van der Waals surface area contributed by atoms with E-state index in [1.54, 1.807) is 6.92 Å². The third kappa shape index (κ3) is 5.16. The van der Waals surface area contributed by atoms with Crippen molar-refractivity contribution in [2.24, 2.45) is 0 Å². The summed E-state index contributed by atoms with van der Waals surface area (Å²) in [6.07, 6.45) is 3.24. The standard InChI is InChI=1S/C16H22O3/c1-6-9-13-10-7-8-11-14(13)18-12(2)15(17)19-16(3,4)5/h6-12H,1-5H3. The largest absolute Gasteiger partial charge is 0.478 e. The van der Waals surface area contributed by atoms with Crippen LogP contribution in [0.1, 0.15) is 40.2 Å². The molecule has 0 radical (unpaired) electrons. The van der Waals surface area contributed by atoms with E-state index in [1.165, 1.54) is 0 Å². The lowest BCUT2D eigenvalue weighted by atomic mass is 10.2. The maximum absolute atomic E-state index is 11.9. The number of esters is 1. The van der Waals surface area contributed by atoms with Crippen LogP contribution < -0.4 is 4.74 Å². The van der Waals surface area contributed by atoms with Crippen molar-refractivity contribution in [3.05, 3.63) is 35.9 Å². The molecule has 3 nitrogen and oxygen atoms in total. The first kappa shape index (κ1) is 15.3. The van der Waals surface area contributed by atoms with Crippen molar-refractivity contribution in [3.8, 4) is 5.75 Å². The zero-order valence-electron chi connectivity index (χ0n) is 12.3. The molecule has 19 heavy (non-hydrogen) atoms. The molecular formula is C16H22O3. The zero-order chi connectivity index (χ0) is 14.5. The Hall–Kier alpha value is -1.77. The van der Waals surface area contributed by atoms with E-state index in [1.807, 2.05) is 64.1 Å². The molecular weight excluding hydrogens is 240 g/mol. The third-order valence-electron chi connectivity index (χ3n) is 2.31. The second kappa shape index (κ2) is 6.41. The monoisotopic (exact) mass is 262 g/mol. The van der Waals surface area contributed by atoms with Crippen LogP contribution in [0.2, 0.25) is 0 Å². The van der Waals surface area contributed by atoms with Crippen LogP contribution in [0, 0.1) is 0 Å². The van der Waals surface area contributed by atoms with Gasteiger partial charge in [-0.2, -0.15) is 0 Å². The SMILES string of the molecule is CC=Cc1ccccc1OC(C)C(=O)OC(C)(C)C. The molecule has 1 unspecified atom stereocenters. The van der Waals surface area contributed by atoms with Gasteiger partial charge in [0.2, 0.25) is 0 Å². The van der Waals surface area contributed by atoms with E-state index in [-0.39, 0.29) is 5.97 Å². The Balaban J connectivity index is 2.77. The van der Waals surface area contributed by atoms with Crippen LogP contribution in [0.5, 0.6) is 5.75 Å². The Kier molecular flexibility index (Phi) is 5.16. The van der Waals surface area contributed by atoms with Crippen molar-refractivity contribution in [3.63, 3.8) is 0 Å². The van der Waals surface area contributed by atoms with E-state index in [2.05, 4.69) is 0 Å². The van der Waals surface area contributed by atoms with Gasteiger partial charge in [-0.25, -0.2) is 4.79 Å². The molecule has 0 aliphatic heterocycles. The van der Waals surface area contributed by atoms with E-state index in [0.29, 0.717) is 5.75 Å². The van der Waals surface area contributed by atoms with Crippen LogP contribution in [0.3, 0.4) is 0 Å². The molecule has 1 atom stereocenters. The molecule has 0 heterocycles. The van der Waals surface area contributed by atoms with Gasteiger partial charge < -0.3 is 9.47 Å². The Morgan fingerprint density at radius 3 is 2.47 bits per heavy atom. The number of hydrogen-bond donors (Lipinski definition) is 0. The number of hydrogen-bond acceptors (Lipinski definition) is 3. The molecule has 0 aliphatic rings. The summed E-state index contributed by atoms with van der Waals surface area (Å²) in [7, 11) is 0. The summed E-state index contributed by atoms with van der Waals surface area (Å²) in [5.74, 6) is 0.321. The molecule has 1 aromatic carbocycles. The smallest absolute Gasteiger partial charge is 0.347 e. The number of benzene rings is 1. The van der Waals surface area contributed by atoms with Crippen LogP contribution in [0.25, 0.3) is 6.08 Å². The average Bonchev–Trinajstić information content (AvgIpc) is 2.29. The zero-order valence-corrected chi connectivity index (χ0v) is 12.3. The molecule has 0 amide bonds. The molecule has 0 aliphatic carbocycles. The summed E-state index contributed by atoms with van der Waals surface area (Å²) in [6.45, 7) is 9.15. The normalized spacial score (nSPS) is 13.3. The summed E-state index contributed by atoms with van der Waals surface area (Å²) in [6, 6.07) is 7.60. The molecule has 0 saturated carbocycles. The molecule has 0 fully saturated rings. The quantitative estimate of drug-likeness (QED) is 0.774. The van der Waals surface area contributed by atoms with E-state index >= 15 is 0 Å². The minimum absolute atomic E-state index is 0.359. The Morgan fingerprint density at radius 1 is 1.26 bits per heavy atom. The topological polar surface area (TPSA) is 35.5 Å². The minimum Gasteiger partial charge on any atom is -0.478 e.